The van der Waals surface area contributed by atoms with Crippen molar-refractivity contribution >= 4 is 11.0 Å². The summed E-state index contributed by atoms with van der Waals surface area (Å²) in [5.74, 6) is 0. The van der Waals surface area contributed by atoms with Crippen molar-refractivity contribution in [1.29, 1.82) is 5.26 Å². The molecule has 0 amide bonds. The molecule has 1 saturated carbocycles. The summed E-state index contributed by atoms with van der Waals surface area (Å²) in [6.45, 7) is 1.82. The number of fused-ring (bicyclic) bond motifs is 1. The van der Waals surface area contributed by atoms with Crippen molar-refractivity contribution in [2.24, 2.45) is 0 Å². The fraction of sp³-hybridized carbons (Fsp3) is 0.391. The molecule has 0 bridgehead atoms. The first-order chi connectivity index (χ1) is 14.1. The van der Waals surface area contributed by atoms with Gasteiger partial charge in [-0.1, -0.05) is 30.3 Å². The van der Waals surface area contributed by atoms with Gasteiger partial charge in [0.25, 0.3) is 0 Å². The standard InChI is InChI=1S/C23H26N4O2/c1-15(28)22(17-5-3-2-4-6-17)25-18-8-10-19(11-9-18)27-21-12-7-16(14-24)13-20(21)26-23(27)29/h2-7,12-13,15,18-19,22,25,28H,8-11H2,1H3,(H,26,29)/t15-,18?,19?,22+/m1/s1. The summed E-state index contributed by atoms with van der Waals surface area (Å²) in [4.78, 5) is 15.4. The summed E-state index contributed by atoms with van der Waals surface area (Å²) in [7, 11) is 0. The Hall–Kier alpha value is -2.88. The van der Waals surface area contributed by atoms with E-state index in [1.54, 1.807) is 12.1 Å². The average molecular weight is 390 g/mol. The fourth-order valence-electron chi connectivity index (χ4n) is 4.49. The van der Waals surface area contributed by atoms with Crippen molar-refractivity contribution < 1.29 is 5.11 Å². The van der Waals surface area contributed by atoms with Crippen LogP contribution in [0.2, 0.25) is 0 Å². The van der Waals surface area contributed by atoms with E-state index >= 15 is 0 Å². The number of aliphatic hydroxyl groups is 1. The number of aromatic nitrogens is 2. The highest BCUT2D eigenvalue weighted by atomic mass is 16.3. The predicted octanol–water partition coefficient (Wildman–Crippen LogP) is 3.40. The van der Waals surface area contributed by atoms with Crippen LogP contribution in [0.25, 0.3) is 11.0 Å². The second-order valence-corrected chi connectivity index (χ2v) is 7.94. The molecule has 2 atom stereocenters. The number of hydrogen-bond acceptors (Lipinski definition) is 4. The normalized spacial score (nSPS) is 21.6. The van der Waals surface area contributed by atoms with Gasteiger partial charge in [0.05, 0.1) is 34.8 Å². The molecule has 6 nitrogen and oxygen atoms in total. The van der Waals surface area contributed by atoms with Crippen molar-refractivity contribution in [3.63, 3.8) is 0 Å². The second-order valence-electron chi connectivity index (χ2n) is 7.94. The number of imidazole rings is 1. The maximum atomic E-state index is 12.5. The summed E-state index contributed by atoms with van der Waals surface area (Å²) in [5.41, 5.74) is 3.09. The molecule has 29 heavy (non-hydrogen) atoms. The fourth-order valence-corrected chi connectivity index (χ4v) is 4.49. The van der Waals surface area contributed by atoms with E-state index in [-0.39, 0.29) is 17.8 Å². The van der Waals surface area contributed by atoms with Gasteiger partial charge in [0.2, 0.25) is 0 Å². The molecule has 1 aromatic heterocycles. The Labute approximate surface area is 169 Å². The zero-order chi connectivity index (χ0) is 20.4. The van der Waals surface area contributed by atoms with Crippen molar-refractivity contribution in [1.82, 2.24) is 14.9 Å². The first-order valence-electron chi connectivity index (χ1n) is 10.2. The third kappa shape index (κ3) is 3.98. The van der Waals surface area contributed by atoms with Gasteiger partial charge >= 0.3 is 5.69 Å². The van der Waals surface area contributed by atoms with Crippen LogP contribution in [0.3, 0.4) is 0 Å². The second kappa shape index (κ2) is 8.24. The van der Waals surface area contributed by atoms with E-state index in [2.05, 4.69) is 16.4 Å². The van der Waals surface area contributed by atoms with E-state index in [1.807, 2.05) is 47.9 Å². The van der Waals surface area contributed by atoms with Gasteiger partial charge in [0.15, 0.2) is 0 Å². The topological polar surface area (TPSA) is 93.8 Å². The highest BCUT2D eigenvalue weighted by molar-refractivity contribution is 5.77. The Balaban J connectivity index is 1.47. The summed E-state index contributed by atoms with van der Waals surface area (Å²) >= 11 is 0. The third-order valence-corrected chi connectivity index (χ3v) is 5.96. The Bertz CT molecular complexity index is 1070. The number of hydrogen-bond donors (Lipinski definition) is 3. The molecule has 2 aromatic carbocycles. The van der Waals surface area contributed by atoms with Crippen LogP contribution in [0.15, 0.2) is 53.3 Å². The smallest absolute Gasteiger partial charge is 0.326 e. The molecule has 0 spiro atoms. The van der Waals surface area contributed by atoms with Gasteiger partial charge in [-0.2, -0.15) is 5.26 Å². The summed E-state index contributed by atoms with van der Waals surface area (Å²) in [6, 6.07) is 17.8. The number of aromatic amines is 1. The maximum Gasteiger partial charge on any atom is 0.326 e. The van der Waals surface area contributed by atoms with Gasteiger partial charge in [-0.25, -0.2) is 4.79 Å². The molecule has 0 saturated heterocycles. The summed E-state index contributed by atoms with van der Waals surface area (Å²) < 4.78 is 1.84. The maximum absolute atomic E-state index is 12.5. The Kier molecular flexibility index (Phi) is 5.52. The van der Waals surface area contributed by atoms with E-state index in [4.69, 9.17) is 5.26 Å². The number of rotatable bonds is 5. The molecular formula is C23H26N4O2. The number of benzene rings is 2. The number of H-pyrrole nitrogens is 1. The lowest BCUT2D eigenvalue weighted by atomic mass is 9.89. The first kappa shape index (κ1) is 19.4. The largest absolute Gasteiger partial charge is 0.391 e. The van der Waals surface area contributed by atoms with Gasteiger partial charge in [0.1, 0.15) is 0 Å². The van der Waals surface area contributed by atoms with Crippen molar-refractivity contribution in [2.45, 2.75) is 56.8 Å². The molecule has 0 radical (unpaired) electrons. The van der Waals surface area contributed by atoms with E-state index in [0.717, 1.165) is 36.8 Å². The Morgan fingerprint density at radius 3 is 2.55 bits per heavy atom. The summed E-state index contributed by atoms with van der Waals surface area (Å²) in [6.07, 6.45) is 3.19. The third-order valence-electron chi connectivity index (χ3n) is 5.96. The monoisotopic (exact) mass is 390 g/mol. The van der Waals surface area contributed by atoms with Crippen LogP contribution in [-0.4, -0.2) is 26.8 Å². The molecule has 1 aliphatic carbocycles. The van der Waals surface area contributed by atoms with Crippen molar-refractivity contribution in [2.75, 3.05) is 0 Å². The molecule has 0 aliphatic heterocycles. The molecule has 3 N–H and O–H groups in total. The van der Waals surface area contributed by atoms with Crippen LogP contribution in [0.1, 0.15) is 55.8 Å². The van der Waals surface area contributed by atoms with E-state index in [1.165, 1.54) is 0 Å². The highest BCUT2D eigenvalue weighted by Gasteiger charge is 2.28. The zero-order valence-corrected chi connectivity index (χ0v) is 16.5. The van der Waals surface area contributed by atoms with Crippen LogP contribution in [0, 0.1) is 11.3 Å². The molecule has 3 aromatic rings. The number of nitrogens with zero attached hydrogens (tertiary/aromatic N) is 2. The predicted molar refractivity (Wildman–Crippen MR) is 113 cm³/mol. The Morgan fingerprint density at radius 1 is 1.17 bits per heavy atom. The zero-order valence-electron chi connectivity index (χ0n) is 16.5. The van der Waals surface area contributed by atoms with Crippen LogP contribution in [0.5, 0.6) is 0 Å². The van der Waals surface area contributed by atoms with E-state index in [9.17, 15) is 9.90 Å². The lowest BCUT2D eigenvalue weighted by molar-refractivity contribution is 0.130. The number of nitriles is 1. The molecule has 4 rings (SSSR count). The van der Waals surface area contributed by atoms with Gasteiger partial charge < -0.3 is 15.4 Å². The lowest BCUT2D eigenvalue weighted by Gasteiger charge is -2.34. The Morgan fingerprint density at radius 2 is 1.90 bits per heavy atom. The van der Waals surface area contributed by atoms with E-state index < -0.39 is 6.10 Å². The van der Waals surface area contributed by atoms with Crippen molar-refractivity contribution in [3.05, 3.63) is 70.1 Å². The molecule has 1 aliphatic rings. The van der Waals surface area contributed by atoms with Gasteiger partial charge in [-0.05, 0) is 56.4 Å². The number of nitrogens with one attached hydrogen (secondary N) is 2. The molecular weight excluding hydrogens is 364 g/mol. The molecule has 6 heteroatoms. The highest BCUT2D eigenvalue weighted by Crippen LogP contribution is 2.31. The molecule has 150 valence electrons. The van der Waals surface area contributed by atoms with Crippen LogP contribution >= 0.6 is 0 Å². The van der Waals surface area contributed by atoms with Gasteiger partial charge in [0, 0.05) is 12.1 Å². The molecule has 0 unspecified atom stereocenters. The van der Waals surface area contributed by atoms with Crippen LogP contribution < -0.4 is 11.0 Å². The summed E-state index contributed by atoms with van der Waals surface area (Å²) in [5, 5.41) is 23.0. The molecule has 1 fully saturated rings. The average Bonchev–Trinajstić information content (AvgIpc) is 3.07. The quantitative estimate of drug-likeness (QED) is 0.622. The van der Waals surface area contributed by atoms with E-state index in [0.29, 0.717) is 17.1 Å². The minimum Gasteiger partial charge on any atom is -0.391 e. The van der Waals surface area contributed by atoms with Gasteiger partial charge in [-0.15, -0.1) is 0 Å². The van der Waals surface area contributed by atoms with Gasteiger partial charge in [-0.3, -0.25) is 4.57 Å². The number of aliphatic hydroxyl groups excluding tert-OH is 1. The van der Waals surface area contributed by atoms with Crippen LogP contribution in [-0.2, 0) is 0 Å². The molecule has 1 heterocycles. The van der Waals surface area contributed by atoms with Crippen molar-refractivity contribution in [3.8, 4) is 6.07 Å². The minimum absolute atomic E-state index is 0.0991. The lowest BCUT2D eigenvalue weighted by Crippen LogP contribution is -2.41. The SMILES string of the molecule is C[C@@H](O)[C@H](NC1CCC(n2c(=O)[nH]c3cc(C#N)ccc32)CC1)c1ccccc1. The first-order valence-corrected chi connectivity index (χ1v) is 10.2. The minimum atomic E-state index is -0.485. The van der Waals surface area contributed by atoms with Crippen LogP contribution in [0.4, 0.5) is 0 Å².